The maximum absolute atomic E-state index is 11.7. The van der Waals surface area contributed by atoms with Crippen LogP contribution in [-0.4, -0.2) is 41.4 Å². The average Bonchev–Trinajstić information content (AvgIpc) is 2.67. The third-order valence-corrected chi connectivity index (χ3v) is 3.27. The predicted octanol–water partition coefficient (Wildman–Crippen LogP) is 1.50. The van der Waals surface area contributed by atoms with Crippen molar-refractivity contribution in [2.24, 2.45) is 0 Å². The van der Waals surface area contributed by atoms with Gasteiger partial charge in [-0.2, -0.15) is 13.2 Å². The Kier molecular flexibility index (Phi) is 5.47. The fourth-order valence-corrected chi connectivity index (χ4v) is 2.33. The number of carbonyl (C=O) groups excluding carboxylic acids is 1. The number of nitrogens with two attached hydrogens (primary N) is 1. The zero-order valence-electron chi connectivity index (χ0n) is 8.86. The van der Waals surface area contributed by atoms with Crippen molar-refractivity contribution in [1.29, 1.82) is 0 Å². The molecule has 0 saturated carbocycles. The molecule has 6 nitrogen and oxygen atoms in total. The zero-order valence-corrected chi connectivity index (χ0v) is 10.5. The second kappa shape index (κ2) is 6.64. The van der Waals surface area contributed by atoms with Crippen molar-refractivity contribution in [2.75, 3.05) is 24.6 Å². The maximum atomic E-state index is 11.7. The van der Waals surface area contributed by atoms with Gasteiger partial charge < -0.3 is 15.8 Å². The average molecular weight is 302 g/mol. The summed E-state index contributed by atoms with van der Waals surface area (Å²) in [6, 6.07) is 0. The molecule has 3 N–H and O–H groups in total. The Bertz CT molecular complexity index is 398. The number of alkyl carbamates (subject to hydrolysis) is 1. The predicted molar refractivity (Wildman–Crippen MR) is 60.5 cm³/mol. The quantitative estimate of drug-likeness (QED) is 0.633. The van der Waals surface area contributed by atoms with E-state index in [0.29, 0.717) is 15.2 Å². The highest BCUT2D eigenvalue weighted by molar-refractivity contribution is 8.01. The lowest BCUT2D eigenvalue weighted by Crippen LogP contribution is -2.30. The number of ether oxygens (including phenoxy) is 1. The molecule has 0 unspecified atom stereocenters. The molecule has 18 heavy (non-hydrogen) atoms. The Labute approximate surface area is 108 Å². The number of amides is 1. The van der Waals surface area contributed by atoms with E-state index >= 15 is 0 Å². The fourth-order valence-electron chi connectivity index (χ4n) is 0.769. The third kappa shape index (κ3) is 6.49. The molecular formula is C7H9F3N4O2S2. The monoisotopic (exact) mass is 302 g/mol. The minimum atomic E-state index is -4.52. The van der Waals surface area contributed by atoms with Crippen LogP contribution in [0.25, 0.3) is 0 Å². The number of hydrogen-bond acceptors (Lipinski definition) is 7. The van der Waals surface area contributed by atoms with E-state index in [1.54, 1.807) is 0 Å². The van der Waals surface area contributed by atoms with Crippen molar-refractivity contribution in [2.45, 2.75) is 10.5 Å². The van der Waals surface area contributed by atoms with Crippen LogP contribution in [0.5, 0.6) is 0 Å². The Morgan fingerprint density at radius 2 is 2.22 bits per heavy atom. The van der Waals surface area contributed by atoms with Crippen LogP contribution in [0.2, 0.25) is 0 Å². The standard InChI is InChI=1S/C7H9F3N4O2S2/c8-7(9,10)3-16-5(15)12-1-2-17-6-14-13-4(11)18-6/h1-3H2,(H2,11,13)(H,12,15). The first-order valence-electron chi connectivity index (χ1n) is 4.56. The molecule has 1 aromatic heterocycles. The summed E-state index contributed by atoms with van der Waals surface area (Å²) < 4.78 is 39.6. The summed E-state index contributed by atoms with van der Waals surface area (Å²) >= 11 is 2.47. The van der Waals surface area contributed by atoms with Crippen molar-refractivity contribution in [1.82, 2.24) is 15.5 Å². The first-order chi connectivity index (χ1) is 8.37. The molecule has 0 saturated heterocycles. The number of rotatable bonds is 5. The van der Waals surface area contributed by atoms with Gasteiger partial charge in [-0.1, -0.05) is 23.1 Å². The van der Waals surface area contributed by atoms with E-state index in [2.05, 4.69) is 20.3 Å². The van der Waals surface area contributed by atoms with Crippen LogP contribution in [0.1, 0.15) is 0 Å². The van der Waals surface area contributed by atoms with Crippen LogP contribution in [0, 0.1) is 0 Å². The highest BCUT2D eigenvalue weighted by Crippen LogP contribution is 2.22. The Morgan fingerprint density at radius 3 is 2.78 bits per heavy atom. The number of halogens is 3. The summed E-state index contributed by atoms with van der Waals surface area (Å²) in [7, 11) is 0. The minimum absolute atomic E-state index is 0.154. The number of carbonyl (C=O) groups is 1. The van der Waals surface area contributed by atoms with Crippen molar-refractivity contribution < 1.29 is 22.7 Å². The molecule has 0 radical (unpaired) electrons. The molecule has 0 bridgehead atoms. The van der Waals surface area contributed by atoms with Gasteiger partial charge >= 0.3 is 12.3 Å². The van der Waals surface area contributed by atoms with E-state index in [1.807, 2.05) is 0 Å². The van der Waals surface area contributed by atoms with Crippen LogP contribution in [0.3, 0.4) is 0 Å². The summed E-state index contributed by atoms with van der Waals surface area (Å²) in [6.45, 7) is -1.44. The Morgan fingerprint density at radius 1 is 1.50 bits per heavy atom. The van der Waals surface area contributed by atoms with Crippen LogP contribution >= 0.6 is 23.1 Å². The molecule has 0 aliphatic heterocycles. The van der Waals surface area contributed by atoms with Gasteiger partial charge in [0.25, 0.3) is 0 Å². The summed E-state index contributed by atoms with van der Waals surface area (Å²) in [5.74, 6) is 0.426. The molecule has 0 atom stereocenters. The number of aromatic nitrogens is 2. The van der Waals surface area contributed by atoms with Gasteiger partial charge in [-0.15, -0.1) is 10.2 Å². The van der Waals surface area contributed by atoms with Crippen molar-refractivity contribution in [3.05, 3.63) is 0 Å². The lowest BCUT2D eigenvalue weighted by Gasteiger charge is -2.08. The SMILES string of the molecule is Nc1nnc(SCCNC(=O)OCC(F)(F)F)s1. The van der Waals surface area contributed by atoms with Gasteiger partial charge in [0, 0.05) is 12.3 Å². The van der Waals surface area contributed by atoms with E-state index < -0.39 is 18.9 Å². The maximum Gasteiger partial charge on any atom is 0.422 e. The van der Waals surface area contributed by atoms with E-state index in [1.165, 1.54) is 23.1 Å². The van der Waals surface area contributed by atoms with Gasteiger partial charge in [-0.05, 0) is 0 Å². The summed E-state index contributed by atoms with van der Waals surface area (Å²) in [6.07, 6.45) is -5.62. The number of hydrogen-bond donors (Lipinski definition) is 2. The van der Waals surface area contributed by atoms with Gasteiger partial charge in [-0.25, -0.2) is 4.79 Å². The first kappa shape index (κ1) is 14.8. The number of anilines is 1. The number of nitrogens with one attached hydrogen (secondary N) is 1. The van der Waals surface area contributed by atoms with Crippen LogP contribution in [0.15, 0.2) is 4.34 Å². The molecule has 1 heterocycles. The van der Waals surface area contributed by atoms with Gasteiger partial charge in [0.15, 0.2) is 10.9 Å². The van der Waals surface area contributed by atoms with E-state index in [-0.39, 0.29) is 6.54 Å². The summed E-state index contributed by atoms with van der Waals surface area (Å²) in [5, 5.41) is 9.79. The van der Waals surface area contributed by atoms with Crippen molar-refractivity contribution >= 4 is 34.3 Å². The summed E-state index contributed by atoms with van der Waals surface area (Å²) in [4.78, 5) is 10.8. The second-order valence-electron chi connectivity index (χ2n) is 2.87. The molecule has 0 fully saturated rings. The second-order valence-corrected chi connectivity index (χ2v) is 5.22. The van der Waals surface area contributed by atoms with Crippen molar-refractivity contribution in [3.63, 3.8) is 0 Å². The van der Waals surface area contributed by atoms with Gasteiger partial charge in [0.05, 0.1) is 0 Å². The van der Waals surface area contributed by atoms with E-state index in [9.17, 15) is 18.0 Å². The number of nitrogen functional groups attached to an aromatic ring is 1. The van der Waals surface area contributed by atoms with Gasteiger partial charge in [0.1, 0.15) is 0 Å². The van der Waals surface area contributed by atoms with Crippen LogP contribution in [-0.2, 0) is 4.74 Å². The van der Waals surface area contributed by atoms with Gasteiger partial charge in [-0.3, -0.25) is 0 Å². The van der Waals surface area contributed by atoms with Gasteiger partial charge in [0.2, 0.25) is 5.13 Å². The lowest BCUT2D eigenvalue weighted by molar-refractivity contribution is -0.160. The molecule has 102 valence electrons. The topological polar surface area (TPSA) is 90.1 Å². The van der Waals surface area contributed by atoms with Crippen LogP contribution in [0.4, 0.5) is 23.1 Å². The molecule has 1 aromatic rings. The molecule has 1 rings (SSSR count). The molecule has 0 aliphatic carbocycles. The highest BCUT2D eigenvalue weighted by atomic mass is 32.2. The Hall–Kier alpha value is -1.23. The molecule has 0 aromatic carbocycles. The molecule has 0 spiro atoms. The lowest BCUT2D eigenvalue weighted by atomic mass is 10.7. The first-order valence-corrected chi connectivity index (χ1v) is 6.36. The molecule has 11 heteroatoms. The smallest absolute Gasteiger partial charge is 0.422 e. The van der Waals surface area contributed by atoms with Crippen LogP contribution < -0.4 is 11.1 Å². The molecule has 0 aliphatic rings. The zero-order chi connectivity index (χ0) is 13.6. The largest absolute Gasteiger partial charge is 0.440 e. The number of thioether (sulfide) groups is 1. The van der Waals surface area contributed by atoms with Crippen molar-refractivity contribution in [3.8, 4) is 0 Å². The van der Waals surface area contributed by atoms with E-state index in [0.717, 1.165) is 0 Å². The number of alkyl halides is 3. The molecule has 1 amide bonds. The Balaban J connectivity index is 2.09. The molecular weight excluding hydrogens is 293 g/mol. The fraction of sp³-hybridized carbons (Fsp3) is 0.571. The summed E-state index contributed by atoms with van der Waals surface area (Å²) in [5.41, 5.74) is 5.35. The highest BCUT2D eigenvalue weighted by Gasteiger charge is 2.29. The normalized spacial score (nSPS) is 11.3. The third-order valence-electron chi connectivity index (χ3n) is 1.39. The minimum Gasteiger partial charge on any atom is -0.440 e. The van der Waals surface area contributed by atoms with E-state index in [4.69, 9.17) is 5.73 Å². The number of nitrogens with zero attached hydrogens (tertiary/aromatic N) is 2.